The van der Waals surface area contributed by atoms with Crippen LogP contribution in [0.3, 0.4) is 0 Å². The Morgan fingerprint density at radius 2 is 2.17 bits per heavy atom. The normalized spacial score (nSPS) is 19.2. The Morgan fingerprint density at radius 3 is 2.83 bits per heavy atom. The van der Waals surface area contributed by atoms with Gasteiger partial charge in [-0.15, -0.1) is 12.4 Å². The molecule has 1 saturated heterocycles. The molecule has 1 fully saturated rings. The van der Waals surface area contributed by atoms with Crippen molar-refractivity contribution in [2.24, 2.45) is 5.73 Å². The van der Waals surface area contributed by atoms with Gasteiger partial charge in [-0.3, -0.25) is 4.79 Å². The number of esters is 1. The van der Waals surface area contributed by atoms with Crippen molar-refractivity contribution < 1.29 is 23.8 Å². The first-order chi connectivity index (χ1) is 11.1. The van der Waals surface area contributed by atoms with E-state index in [9.17, 15) is 9.59 Å². The molecule has 24 heavy (non-hydrogen) atoms. The van der Waals surface area contributed by atoms with Crippen molar-refractivity contribution in [2.45, 2.75) is 32.0 Å². The molecule has 1 aromatic carbocycles. The quantitative estimate of drug-likeness (QED) is 0.716. The van der Waals surface area contributed by atoms with Crippen LogP contribution in [0.25, 0.3) is 0 Å². The second-order valence-corrected chi connectivity index (χ2v) is 5.17. The second-order valence-electron chi connectivity index (χ2n) is 5.17. The van der Waals surface area contributed by atoms with Gasteiger partial charge in [-0.25, -0.2) is 4.79 Å². The Bertz CT molecular complexity index is 555. The highest BCUT2D eigenvalue weighted by atomic mass is 35.5. The minimum Gasteiger partial charge on any atom is -0.482 e. The molecule has 0 bridgehead atoms. The molecule has 8 heteroatoms. The van der Waals surface area contributed by atoms with Crippen LogP contribution >= 0.6 is 12.4 Å². The van der Waals surface area contributed by atoms with E-state index in [1.54, 1.807) is 31.2 Å². The zero-order chi connectivity index (χ0) is 16.7. The molecule has 0 unspecified atom stereocenters. The van der Waals surface area contributed by atoms with E-state index in [-0.39, 0.29) is 31.0 Å². The van der Waals surface area contributed by atoms with Crippen LogP contribution in [0, 0.1) is 0 Å². The fraction of sp³-hybridized carbons (Fsp3) is 0.500. The first-order valence-corrected chi connectivity index (χ1v) is 7.67. The molecule has 1 aliphatic heterocycles. The largest absolute Gasteiger partial charge is 0.482 e. The molecule has 0 aliphatic carbocycles. The molecular weight excluding hydrogens is 336 g/mol. The predicted molar refractivity (Wildman–Crippen MR) is 91.4 cm³/mol. The highest BCUT2D eigenvalue weighted by Crippen LogP contribution is 2.22. The molecule has 2 atom stereocenters. The molecule has 2 rings (SSSR count). The fourth-order valence-corrected chi connectivity index (χ4v) is 2.30. The van der Waals surface area contributed by atoms with E-state index in [0.717, 1.165) is 6.42 Å². The molecule has 0 saturated carbocycles. The zero-order valence-electron chi connectivity index (χ0n) is 13.5. The lowest BCUT2D eigenvalue weighted by molar-refractivity contribution is -0.145. The first-order valence-electron chi connectivity index (χ1n) is 7.67. The van der Waals surface area contributed by atoms with Gasteiger partial charge in [0.25, 0.3) is 5.91 Å². The molecule has 1 amide bonds. The van der Waals surface area contributed by atoms with Gasteiger partial charge < -0.3 is 25.3 Å². The van der Waals surface area contributed by atoms with E-state index in [0.29, 0.717) is 31.0 Å². The van der Waals surface area contributed by atoms with Crippen molar-refractivity contribution in [3.8, 4) is 5.75 Å². The summed E-state index contributed by atoms with van der Waals surface area (Å²) in [5.74, 6) is -0.166. The average Bonchev–Trinajstić information content (AvgIpc) is 3.03. The van der Waals surface area contributed by atoms with Gasteiger partial charge in [-0.1, -0.05) is 6.07 Å². The van der Waals surface area contributed by atoms with E-state index in [1.165, 1.54) is 0 Å². The molecule has 1 heterocycles. The third-order valence-electron chi connectivity index (χ3n) is 3.43. The molecule has 3 N–H and O–H groups in total. The number of rotatable bonds is 7. The van der Waals surface area contributed by atoms with E-state index in [4.69, 9.17) is 19.9 Å². The number of hydrogen-bond donors (Lipinski definition) is 2. The van der Waals surface area contributed by atoms with Crippen molar-refractivity contribution in [3.05, 3.63) is 24.3 Å². The number of nitrogens with one attached hydrogen (secondary N) is 1. The van der Waals surface area contributed by atoms with E-state index < -0.39 is 12.1 Å². The molecular formula is C16H23ClN2O5. The highest BCUT2D eigenvalue weighted by Gasteiger charge is 2.29. The number of benzene rings is 1. The molecule has 0 spiro atoms. The third kappa shape index (κ3) is 5.99. The van der Waals surface area contributed by atoms with Crippen LogP contribution < -0.4 is 15.8 Å². The van der Waals surface area contributed by atoms with E-state index >= 15 is 0 Å². The summed E-state index contributed by atoms with van der Waals surface area (Å²) in [6.45, 7) is 2.29. The maximum absolute atomic E-state index is 12.1. The lowest BCUT2D eigenvalue weighted by Crippen LogP contribution is -2.29. The maximum Gasteiger partial charge on any atom is 0.344 e. The Balaban J connectivity index is 0.00000288. The van der Waals surface area contributed by atoms with Crippen molar-refractivity contribution in [1.82, 2.24) is 0 Å². The summed E-state index contributed by atoms with van der Waals surface area (Å²) in [5, 5.41) is 2.78. The van der Waals surface area contributed by atoms with E-state index in [2.05, 4.69) is 5.32 Å². The summed E-state index contributed by atoms with van der Waals surface area (Å²) in [4.78, 5) is 23.4. The average molecular weight is 359 g/mol. The summed E-state index contributed by atoms with van der Waals surface area (Å²) in [7, 11) is 0. The number of halogens is 1. The molecule has 7 nitrogen and oxygen atoms in total. The van der Waals surface area contributed by atoms with Crippen LogP contribution in [0.5, 0.6) is 5.75 Å². The fourth-order valence-electron chi connectivity index (χ4n) is 2.30. The number of anilines is 1. The van der Waals surface area contributed by atoms with Crippen LogP contribution in [0.15, 0.2) is 24.3 Å². The minimum absolute atomic E-state index is 0. The zero-order valence-corrected chi connectivity index (χ0v) is 14.3. The standard InChI is InChI=1S/C16H22N2O5.ClH/c1-2-21-15(19)10-22-12-5-3-4-11(8-12)18-16(20)14-7-6-13(9-17)23-14;/h3-5,8,13-14H,2,6-7,9-10,17H2,1H3,(H,18,20);1H/t13-,14+;/m1./s1. The number of nitrogens with two attached hydrogens (primary N) is 1. The van der Waals surface area contributed by atoms with Crippen LogP contribution in [-0.2, 0) is 19.1 Å². The minimum atomic E-state index is -0.479. The van der Waals surface area contributed by atoms with Gasteiger partial charge in [0.15, 0.2) is 6.61 Å². The van der Waals surface area contributed by atoms with Crippen molar-refractivity contribution in [3.63, 3.8) is 0 Å². The second kappa shape index (κ2) is 10.1. The molecule has 134 valence electrons. The lowest BCUT2D eigenvalue weighted by Gasteiger charge is -2.13. The van der Waals surface area contributed by atoms with Crippen LogP contribution in [-0.4, -0.2) is 43.8 Å². The summed E-state index contributed by atoms with van der Waals surface area (Å²) < 4.78 is 15.7. The monoisotopic (exact) mass is 358 g/mol. The Morgan fingerprint density at radius 1 is 1.38 bits per heavy atom. The Labute approximate surface area is 147 Å². The van der Waals surface area contributed by atoms with Gasteiger partial charge in [0, 0.05) is 18.3 Å². The van der Waals surface area contributed by atoms with Crippen molar-refractivity contribution in [2.75, 3.05) is 25.1 Å². The number of carbonyl (C=O) groups excluding carboxylic acids is 2. The van der Waals surface area contributed by atoms with E-state index in [1.807, 2.05) is 0 Å². The summed E-state index contributed by atoms with van der Waals surface area (Å²) in [6.07, 6.45) is 0.918. The highest BCUT2D eigenvalue weighted by molar-refractivity contribution is 5.94. The molecule has 1 aliphatic rings. The number of ether oxygens (including phenoxy) is 3. The van der Waals surface area contributed by atoms with Gasteiger partial charge in [-0.2, -0.15) is 0 Å². The predicted octanol–water partition coefficient (Wildman–Crippen LogP) is 1.50. The van der Waals surface area contributed by atoms with Crippen LogP contribution in [0.2, 0.25) is 0 Å². The Hall–Kier alpha value is -1.83. The number of carbonyl (C=O) groups is 2. The smallest absolute Gasteiger partial charge is 0.344 e. The first kappa shape index (κ1) is 20.2. The molecule has 0 radical (unpaired) electrons. The number of amides is 1. The SMILES string of the molecule is CCOC(=O)COc1cccc(NC(=O)[C@@H]2CC[C@H](CN)O2)c1.Cl. The molecule has 1 aromatic rings. The van der Waals surface area contributed by atoms with Crippen molar-refractivity contribution in [1.29, 1.82) is 0 Å². The molecule has 0 aromatic heterocycles. The topological polar surface area (TPSA) is 99.9 Å². The Kier molecular flexibility index (Phi) is 8.53. The van der Waals surface area contributed by atoms with Gasteiger partial charge in [-0.05, 0) is 31.9 Å². The van der Waals surface area contributed by atoms with Gasteiger partial charge >= 0.3 is 5.97 Å². The van der Waals surface area contributed by atoms with Crippen molar-refractivity contribution >= 4 is 30.0 Å². The maximum atomic E-state index is 12.1. The lowest BCUT2D eigenvalue weighted by atomic mass is 10.2. The van der Waals surface area contributed by atoms with Crippen LogP contribution in [0.1, 0.15) is 19.8 Å². The third-order valence-corrected chi connectivity index (χ3v) is 3.43. The number of hydrogen-bond acceptors (Lipinski definition) is 6. The summed E-state index contributed by atoms with van der Waals surface area (Å²) in [6, 6.07) is 6.82. The summed E-state index contributed by atoms with van der Waals surface area (Å²) in [5.41, 5.74) is 6.12. The van der Waals surface area contributed by atoms with Crippen LogP contribution in [0.4, 0.5) is 5.69 Å². The van der Waals surface area contributed by atoms with Gasteiger partial charge in [0.1, 0.15) is 11.9 Å². The van der Waals surface area contributed by atoms with Gasteiger partial charge in [0.2, 0.25) is 0 Å². The van der Waals surface area contributed by atoms with Gasteiger partial charge in [0.05, 0.1) is 12.7 Å². The summed E-state index contributed by atoms with van der Waals surface area (Å²) >= 11 is 0.